The molecule has 0 spiro atoms. The number of hydrogen-bond acceptors (Lipinski definition) is 4. The third-order valence-corrected chi connectivity index (χ3v) is 4.05. The first-order chi connectivity index (χ1) is 11.1. The molecule has 126 valence electrons. The first kappa shape index (κ1) is 17.3. The molecule has 2 rings (SSSR count). The Morgan fingerprint density at radius 3 is 2.74 bits per heavy atom. The molecule has 0 aromatic heterocycles. The zero-order valence-corrected chi connectivity index (χ0v) is 13.2. The number of carboxylic acid groups (broad SMARTS) is 1. The van der Waals surface area contributed by atoms with Gasteiger partial charge in [0.05, 0.1) is 12.5 Å². The fourth-order valence-corrected chi connectivity index (χ4v) is 2.83. The molecule has 6 nitrogen and oxygen atoms in total. The van der Waals surface area contributed by atoms with Gasteiger partial charge < -0.3 is 19.9 Å². The number of aliphatic carboxylic acids is 1. The van der Waals surface area contributed by atoms with Crippen molar-refractivity contribution in [3.63, 3.8) is 0 Å². The molecule has 2 N–H and O–H groups in total. The Hall–Kier alpha value is -2.08. The van der Waals surface area contributed by atoms with Crippen LogP contribution < -0.4 is 5.32 Å². The minimum absolute atomic E-state index is 0.0369. The monoisotopic (exact) mass is 321 g/mol. The molecule has 1 aliphatic heterocycles. The summed E-state index contributed by atoms with van der Waals surface area (Å²) in [6, 6.07) is 9.05. The van der Waals surface area contributed by atoms with Gasteiger partial charge in [0.25, 0.3) is 0 Å². The average Bonchev–Trinajstić information content (AvgIpc) is 3.05. The average molecular weight is 321 g/mol. The van der Waals surface area contributed by atoms with Crippen LogP contribution in [0.3, 0.4) is 0 Å². The van der Waals surface area contributed by atoms with E-state index in [1.165, 1.54) is 0 Å². The smallest absolute Gasteiger partial charge is 0.407 e. The first-order valence-electron chi connectivity index (χ1n) is 7.87. The predicted molar refractivity (Wildman–Crippen MR) is 83.9 cm³/mol. The van der Waals surface area contributed by atoms with Crippen LogP contribution in [0.4, 0.5) is 4.79 Å². The van der Waals surface area contributed by atoms with E-state index in [0.29, 0.717) is 6.61 Å². The highest BCUT2D eigenvalue weighted by Crippen LogP contribution is 2.26. The first-order valence-corrected chi connectivity index (χ1v) is 7.87. The summed E-state index contributed by atoms with van der Waals surface area (Å²) in [5.74, 6) is -1.16. The minimum Gasteiger partial charge on any atom is -0.481 e. The van der Waals surface area contributed by atoms with Crippen molar-refractivity contribution < 1.29 is 24.2 Å². The second kappa shape index (κ2) is 8.53. The zero-order valence-electron chi connectivity index (χ0n) is 13.2. The quantitative estimate of drug-likeness (QED) is 0.806. The van der Waals surface area contributed by atoms with Gasteiger partial charge in [0, 0.05) is 18.6 Å². The summed E-state index contributed by atoms with van der Waals surface area (Å²) >= 11 is 0. The van der Waals surface area contributed by atoms with Crippen molar-refractivity contribution >= 4 is 12.1 Å². The zero-order chi connectivity index (χ0) is 16.7. The molecule has 1 heterocycles. The standard InChI is InChI=1S/C17H23NO5/c1-12(14(10-16(19)20)15-8-5-9-22-15)18-17(21)23-11-13-6-3-2-4-7-13/h2-4,6-7,12,14-15H,5,8-11H2,1H3,(H,18,21)(H,19,20)/t12-,14+,15+/m0/s1. The molecule has 1 aliphatic rings. The van der Waals surface area contributed by atoms with Crippen LogP contribution in [0.1, 0.15) is 31.7 Å². The molecule has 1 saturated heterocycles. The number of hydrogen-bond donors (Lipinski definition) is 2. The maximum atomic E-state index is 11.9. The summed E-state index contributed by atoms with van der Waals surface area (Å²) in [7, 11) is 0. The van der Waals surface area contributed by atoms with Gasteiger partial charge in [-0.3, -0.25) is 4.79 Å². The van der Waals surface area contributed by atoms with E-state index in [4.69, 9.17) is 14.6 Å². The van der Waals surface area contributed by atoms with Crippen LogP contribution in [0.5, 0.6) is 0 Å². The lowest BCUT2D eigenvalue weighted by atomic mass is 9.90. The Kier molecular flexibility index (Phi) is 6.40. The van der Waals surface area contributed by atoms with E-state index >= 15 is 0 Å². The van der Waals surface area contributed by atoms with Crippen molar-refractivity contribution in [2.24, 2.45) is 5.92 Å². The van der Waals surface area contributed by atoms with Gasteiger partial charge in [-0.2, -0.15) is 0 Å². The third-order valence-electron chi connectivity index (χ3n) is 4.05. The third kappa shape index (κ3) is 5.56. The summed E-state index contributed by atoms with van der Waals surface area (Å²) in [6.45, 7) is 2.62. The molecule has 6 heteroatoms. The van der Waals surface area contributed by atoms with Gasteiger partial charge in [-0.15, -0.1) is 0 Å². The summed E-state index contributed by atoms with van der Waals surface area (Å²) in [4.78, 5) is 23.0. The largest absolute Gasteiger partial charge is 0.481 e. The summed E-state index contributed by atoms with van der Waals surface area (Å²) in [5.41, 5.74) is 0.900. The van der Waals surface area contributed by atoms with Gasteiger partial charge in [0.1, 0.15) is 6.61 Å². The lowest BCUT2D eigenvalue weighted by Gasteiger charge is -2.28. The van der Waals surface area contributed by atoms with Crippen molar-refractivity contribution in [1.82, 2.24) is 5.32 Å². The van der Waals surface area contributed by atoms with Gasteiger partial charge in [-0.05, 0) is 25.3 Å². The molecule has 1 aromatic rings. The fraction of sp³-hybridized carbons (Fsp3) is 0.529. The van der Waals surface area contributed by atoms with E-state index in [9.17, 15) is 9.59 Å². The number of carbonyl (C=O) groups excluding carboxylic acids is 1. The second-order valence-electron chi connectivity index (χ2n) is 5.81. The molecule has 1 fully saturated rings. The maximum absolute atomic E-state index is 11.9. The predicted octanol–water partition coefficient (Wildman–Crippen LogP) is 2.57. The van der Waals surface area contributed by atoms with Crippen molar-refractivity contribution in [3.8, 4) is 0 Å². The van der Waals surface area contributed by atoms with Gasteiger partial charge in [-0.25, -0.2) is 4.79 Å². The molecular weight excluding hydrogens is 298 g/mol. The molecule has 1 aromatic carbocycles. The number of nitrogens with one attached hydrogen (secondary N) is 1. The van der Waals surface area contributed by atoms with Crippen LogP contribution in [0, 0.1) is 5.92 Å². The van der Waals surface area contributed by atoms with Crippen LogP contribution in [0.25, 0.3) is 0 Å². The van der Waals surface area contributed by atoms with Crippen LogP contribution in [-0.4, -0.2) is 35.9 Å². The van der Waals surface area contributed by atoms with E-state index < -0.39 is 12.1 Å². The lowest BCUT2D eigenvalue weighted by molar-refractivity contribution is -0.139. The Morgan fingerprint density at radius 1 is 1.39 bits per heavy atom. The highest BCUT2D eigenvalue weighted by molar-refractivity contribution is 5.69. The number of carboxylic acids is 1. The molecular formula is C17H23NO5. The number of alkyl carbamates (subject to hydrolysis) is 1. The van der Waals surface area contributed by atoms with E-state index in [1.54, 1.807) is 6.92 Å². The number of benzene rings is 1. The highest BCUT2D eigenvalue weighted by Gasteiger charge is 2.33. The molecule has 3 atom stereocenters. The molecule has 0 radical (unpaired) electrons. The SMILES string of the molecule is C[C@H](NC(=O)OCc1ccccc1)[C@@H](CC(=O)O)[C@H]1CCCO1. The van der Waals surface area contributed by atoms with Gasteiger partial charge in [0.15, 0.2) is 0 Å². The normalized spacial score (nSPS) is 19.8. The summed E-state index contributed by atoms with van der Waals surface area (Å²) in [6.07, 6.45) is 1.03. The molecule has 1 amide bonds. The molecule has 23 heavy (non-hydrogen) atoms. The van der Waals surface area contributed by atoms with Gasteiger partial charge in [0.2, 0.25) is 0 Å². The summed E-state index contributed by atoms with van der Waals surface area (Å²) < 4.78 is 10.8. The second-order valence-corrected chi connectivity index (χ2v) is 5.81. The number of amides is 1. The van der Waals surface area contributed by atoms with Crippen molar-refractivity contribution in [2.45, 2.75) is 44.9 Å². The van der Waals surface area contributed by atoms with E-state index in [0.717, 1.165) is 18.4 Å². The van der Waals surface area contributed by atoms with Gasteiger partial charge >= 0.3 is 12.1 Å². The Balaban J connectivity index is 1.85. The van der Waals surface area contributed by atoms with Crippen LogP contribution >= 0.6 is 0 Å². The molecule has 0 unspecified atom stereocenters. The molecule has 0 aliphatic carbocycles. The molecule has 0 bridgehead atoms. The Labute approximate surface area is 135 Å². The number of carbonyl (C=O) groups is 2. The van der Waals surface area contributed by atoms with E-state index in [2.05, 4.69) is 5.32 Å². The van der Waals surface area contributed by atoms with Crippen molar-refractivity contribution in [2.75, 3.05) is 6.61 Å². The highest BCUT2D eigenvalue weighted by atomic mass is 16.5. The number of ether oxygens (including phenoxy) is 2. The van der Waals surface area contributed by atoms with Crippen LogP contribution in [-0.2, 0) is 20.9 Å². The van der Waals surface area contributed by atoms with Crippen LogP contribution in [0.2, 0.25) is 0 Å². The number of rotatable bonds is 7. The van der Waals surface area contributed by atoms with E-state index in [1.807, 2.05) is 30.3 Å². The fourth-order valence-electron chi connectivity index (χ4n) is 2.83. The Morgan fingerprint density at radius 2 is 2.13 bits per heavy atom. The van der Waals surface area contributed by atoms with Crippen LogP contribution in [0.15, 0.2) is 30.3 Å². The van der Waals surface area contributed by atoms with Crippen molar-refractivity contribution in [1.29, 1.82) is 0 Å². The molecule has 0 saturated carbocycles. The van der Waals surface area contributed by atoms with Gasteiger partial charge in [-0.1, -0.05) is 30.3 Å². The Bertz CT molecular complexity index is 513. The van der Waals surface area contributed by atoms with E-state index in [-0.39, 0.29) is 31.1 Å². The minimum atomic E-state index is -0.892. The van der Waals surface area contributed by atoms with Crippen molar-refractivity contribution in [3.05, 3.63) is 35.9 Å². The lowest BCUT2D eigenvalue weighted by Crippen LogP contribution is -2.43. The summed E-state index contributed by atoms with van der Waals surface area (Å²) in [5, 5.41) is 11.8. The maximum Gasteiger partial charge on any atom is 0.407 e. The topological polar surface area (TPSA) is 84.9 Å².